The van der Waals surface area contributed by atoms with Gasteiger partial charge in [0.1, 0.15) is 6.04 Å². The molecule has 3 atom stereocenters. The van der Waals surface area contributed by atoms with E-state index in [4.69, 9.17) is 0 Å². The zero-order valence-corrected chi connectivity index (χ0v) is 21.5. The summed E-state index contributed by atoms with van der Waals surface area (Å²) in [6, 6.07) is 5.15. The maximum atomic E-state index is 13.5. The van der Waals surface area contributed by atoms with Crippen LogP contribution in [0.3, 0.4) is 0 Å². The van der Waals surface area contributed by atoms with E-state index >= 15 is 0 Å². The number of rotatable bonds is 8. The van der Waals surface area contributed by atoms with Crippen LogP contribution in [0.5, 0.6) is 0 Å². The van der Waals surface area contributed by atoms with Gasteiger partial charge in [-0.15, -0.1) is 0 Å². The molecule has 1 aliphatic carbocycles. The minimum atomic E-state index is -0.670. The molecule has 36 heavy (non-hydrogen) atoms. The Balaban J connectivity index is 1.60. The number of benzene rings is 1. The van der Waals surface area contributed by atoms with Crippen molar-refractivity contribution in [1.82, 2.24) is 15.1 Å². The van der Waals surface area contributed by atoms with E-state index < -0.39 is 16.9 Å². The number of piperazine rings is 1. The van der Waals surface area contributed by atoms with E-state index in [0.717, 1.165) is 32.1 Å². The topological polar surface area (TPSA) is 113 Å². The highest BCUT2D eigenvalue weighted by atomic mass is 16.6. The number of nitrogens with zero attached hydrogens (tertiary/aromatic N) is 3. The normalized spacial score (nSPS) is 20.7. The molecule has 1 aliphatic heterocycles. The van der Waals surface area contributed by atoms with Crippen LogP contribution >= 0.6 is 0 Å². The Morgan fingerprint density at radius 1 is 1.14 bits per heavy atom. The molecule has 3 amide bonds. The van der Waals surface area contributed by atoms with Crippen LogP contribution in [0.4, 0.5) is 5.69 Å². The SMILES string of the molecule is CC[C@H](C)[C@@H](NC(=O)/C=C/c1ccc([N+](=O)[O-])cc1)C(=O)N1CCN(C(=O)C2CCCCC2)[C@H](C)C1. The van der Waals surface area contributed by atoms with Crippen molar-refractivity contribution in [2.24, 2.45) is 11.8 Å². The lowest BCUT2D eigenvalue weighted by Gasteiger charge is -2.43. The standard InChI is InChI=1S/C27H38N4O5/c1-4-19(2)25(28-24(32)15-12-21-10-13-23(14-11-21)31(35)36)27(34)29-16-17-30(20(3)18-29)26(33)22-8-6-5-7-9-22/h10-15,19-20,22,25H,4-9,16-18H2,1-3H3,(H,28,32)/b15-12+/t19-,20+,25+/m0/s1. The van der Waals surface area contributed by atoms with E-state index in [1.165, 1.54) is 24.6 Å². The van der Waals surface area contributed by atoms with Crippen molar-refractivity contribution < 1.29 is 19.3 Å². The second-order valence-corrected chi connectivity index (χ2v) is 10.1. The first kappa shape index (κ1) is 27.4. The number of nitro benzene ring substituents is 1. The van der Waals surface area contributed by atoms with Crippen molar-refractivity contribution in [2.45, 2.75) is 71.4 Å². The monoisotopic (exact) mass is 498 g/mol. The maximum absolute atomic E-state index is 13.5. The Morgan fingerprint density at radius 3 is 2.39 bits per heavy atom. The number of nitro groups is 1. The summed E-state index contributed by atoms with van der Waals surface area (Å²) in [6.07, 6.45) is 8.96. The fourth-order valence-electron chi connectivity index (χ4n) is 5.03. The third-order valence-electron chi connectivity index (χ3n) is 7.48. The third-order valence-corrected chi connectivity index (χ3v) is 7.48. The van der Waals surface area contributed by atoms with Gasteiger partial charge in [-0.25, -0.2) is 0 Å². The Hall–Kier alpha value is -3.23. The van der Waals surface area contributed by atoms with Crippen LogP contribution < -0.4 is 5.32 Å². The molecule has 1 heterocycles. The molecule has 196 valence electrons. The zero-order valence-electron chi connectivity index (χ0n) is 21.5. The Labute approximate surface area is 213 Å². The van der Waals surface area contributed by atoms with E-state index in [0.29, 0.717) is 25.2 Å². The average Bonchev–Trinajstić information content (AvgIpc) is 2.90. The molecule has 2 fully saturated rings. The highest BCUT2D eigenvalue weighted by Gasteiger charge is 2.36. The van der Waals surface area contributed by atoms with Crippen LogP contribution in [0.2, 0.25) is 0 Å². The maximum Gasteiger partial charge on any atom is 0.269 e. The molecule has 9 heteroatoms. The number of non-ortho nitro benzene ring substituents is 1. The molecule has 1 aromatic carbocycles. The Morgan fingerprint density at radius 2 is 1.81 bits per heavy atom. The Bertz CT molecular complexity index is 971. The summed E-state index contributed by atoms with van der Waals surface area (Å²) in [7, 11) is 0. The number of amides is 3. The van der Waals surface area contributed by atoms with Gasteiger partial charge in [0, 0.05) is 49.8 Å². The van der Waals surface area contributed by atoms with Crippen LogP contribution in [0.1, 0.15) is 64.9 Å². The predicted octanol–water partition coefficient (Wildman–Crippen LogP) is 3.78. The first-order valence-electron chi connectivity index (χ1n) is 13.0. The molecular formula is C27H38N4O5. The number of nitrogens with one attached hydrogen (secondary N) is 1. The van der Waals surface area contributed by atoms with Gasteiger partial charge in [-0.05, 0) is 49.5 Å². The highest BCUT2D eigenvalue weighted by molar-refractivity contribution is 5.95. The zero-order chi connectivity index (χ0) is 26.2. The van der Waals surface area contributed by atoms with Gasteiger partial charge in [-0.2, -0.15) is 0 Å². The van der Waals surface area contributed by atoms with E-state index in [9.17, 15) is 24.5 Å². The number of hydrogen-bond donors (Lipinski definition) is 1. The van der Waals surface area contributed by atoms with Crippen LogP contribution in [-0.2, 0) is 14.4 Å². The average molecular weight is 499 g/mol. The fraction of sp³-hybridized carbons (Fsp3) is 0.593. The molecule has 0 bridgehead atoms. The first-order valence-corrected chi connectivity index (χ1v) is 13.0. The van der Waals surface area contributed by atoms with E-state index in [2.05, 4.69) is 5.32 Å². The van der Waals surface area contributed by atoms with Gasteiger partial charge < -0.3 is 15.1 Å². The quantitative estimate of drug-likeness (QED) is 0.333. The van der Waals surface area contributed by atoms with Crippen molar-refractivity contribution in [3.05, 3.63) is 46.0 Å². The van der Waals surface area contributed by atoms with Gasteiger partial charge in [-0.3, -0.25) is 24.5 Å². The van der Waals surface area contributed by atoms with Crippen molar-refractivity contribution in [2.75, 3.05) is 19.6 Å². The molecule has 3 rings (SSSR count). The molecule has 0 spiro atoms. The van der Waals surface area contributed by atoms with Crippen LogP contribution in [0, 0.1) is 22.0 Å². The summed E-state index contributed by atoms with van der Waals surface area (Å²) in [4.78, 5) is 53.2. The van der Waals surface area contributed by atoms with Gasteiger partial charge in [0.15, 0.2) is 0 Å². The molecule has 9 nitrogen and oxygen atoms in total. The van der Waals surface area contributed by atoms with E-state index in [1.54, 1.807) is 23.1 Å². The number of hydrogen-bond acceptors (Lipinski definition) is 5. The Kier molecular flexibility index (Phi) is 9.61. The van der Waals surface area contributed by atoms with Gasteiger partial charge in [0.2, 0.25) is 17.7 Å². The van der Waals surface area contributed by atoms with Gasteiger partial charge in [-0.1, -0.05) is 39.5 Å². The predicted molar refractivity (Wildman–Crippen MR) is 138 cm³/mol. The van der Waals surface area contributed by atoms with Crippen molar-refractivity contribution in [3.63, 3.8) is 0 Å². The summed E-state index contributed by atoms with van der Waals surface area (Å²) in [5, 5.41) is 13.7. The largest absolute Gasteiger partial charge is 0.340 e. The molecule has 2 aliphatic rings. The first-order chi connectivity index (χ1) is 17.2. The van der Waals surface area contributed by atoms with E-state index in [-0.39, 0.29) is 35.4 Å². The lowest BCUT2D eigenvalue weighted by molar-refractivity contribution is -0.384. The molecule has 1 saturated heterocycles. The number of carbonyl (C=O) groups excluding carboxylic acids is 3. The molecular weight excluding hydrogens is 460 g/mol. The van der Waals surface area contributed by atoms with Crippen LogP contribution in [0.25, 0.3) is 6.08 Å². The molecule has 1 saturated carbocycles. The second kappa shape index (κ2) is 12.6. The molecule has 1 aromatic rings. The third kappa shape index (κ3) is 6.92. The molecule has 0 aromatic heterocycles. The summed E-state index contributed by atoms with van der Waals surface area (Å²) in [5.41, 5.74) is 0.628. The molecule has 1 N–H and O–H groups in total. The summed E-state index contributed by atoms with van der Waals surface area (Å²) in [6.45, 7) is 7.34. The lowest BCUT2D eigenvalue weighted by Crippen LogP contribution is -2.60. The minimum absolute atomic E-state index is 0.0196. The van der Waals surface area contributed by atoms with Gasteiger partial charge in [0.05, 0.1) is 4.92 Å². The second-order valence-electron chi connectivity index (χ2n) is 10.1. The van der Waals surface area contributed by atoms with Crippen molar-refractivity contribution >= 4 is 29.5 Å². The van der Waals surface area contributed by atoms with Crippen LogP contribution in [0.15, 0.2) is 30.3 Å². The summed E-state index contributed by atoms with van der Waals surface area (Å²) >= 11 is 0. The lowest BCUT2D eigenvalue weighted by atomic mass is 9.87. The highest BCUT2D eigenvalue weighted by Crippen LogP contribution is 2.27. The number of carbonyl (C=O) groups is 3. The molecule has 0 unspecified atom stereocenters. The smallest absolute Gasteiger partial charge is 0.269 e. The summed E-state index contributed by atoms with van der Waals surface area (Å²) < 4.78 is 0. The van der Waals surface area contributed by atoms with Crippen LogP contribution in [-0.4, -0.2) is 64.2 Å². The fourth-order valence-corrected chi connectivity index (χ4v) is 5.03. The van der Waals surface area contributed by atoms with E-state index in [1.807, 2.05) is 25.7 Å². The minimum Gasteiger partial charge on any atom is -0.340 e. The van der Waals surface area contributed by atoms with Crippen molar-refractivity contribution in [1.29, 1.82) is 0 Å². The summed E-state index contributed by atoms with van der Waals surface area (Å²) in [5.74, 6) is -0.258. The van der Waals surface area contributed by atoms with Gasteiger partial charge >= 0.3 is 0 Å². The van der Waals surface area contributed by atoms with Crippen molar-refractivity contribution in [3.8, 4) is 0 Å². The van der Waals surface area contributed by atoms with Gasteiger partial charge in [0.25, 0.3) is 5.69 Å². The molecule has 0 radical (unpaired) electrons.